The van der Waals surface area contributed by atoms with Crippen LogP contribution in [-0.2, 0) is 4.79 Å². The van der Waals surface area contributed by atoms with Crippen molar-refractivity contribution in [2.24, 2.45) is 17.8 Å². The van der Waals surface area contributed by atoms with E-state index in [4.69, 9.17) is 5.11 Å². The van der Waals surface area contributed by atoms with Gasteiger partial charge in [0.2, 0.25) is 0 Å². The molecule has 1 aliphatic carbocycles. The molecule has 1 saturated carbocycles. The fraction of sp³-hybridized carbons (Fsp3) is 0.900. The topological polar surface area (TPSA) is 37.3 Å². The molecule has 0 heterocycles. The van der Waals surface area contributed by atoms with Crippen molar-refractivity contribution in [3.63, 3.8) is 0 Å². The lowest BCUT2D eigenvalue weighted by Crippen LogP contribution is -2.18. The van der Waals surface area contributed by atoms with E-state index in [1.54, 1.807) is 0 Å². The first-order valence-electron chi connectivity index (χ1n) is 4.80. The normalized spacial score (nSPS) is 32.4. The molecule has 1 fully saturated rings. The van der Waals surface area contributed by atoms with Crippen LogP contribution in [-0.4, -0.2) is 17.5 Å². The van der Waals surface area contributed by atoms with Crippen LogP contribution < -0.4 is 0 Å². The third kappa shape index (κ3) is 1.86. The Morgan fingerprint density at radius 3 is 2.75 bits per heavy atom. The molecule has 0 spiro atoms. The summed E-state index contributed by atoms with van der Waals surface area (Å²) in [6, 6.07) is 0. The van der Waals surface area contributed by atoms with Crippen LogP contribution in [0.1, 0.15) is 33.1 Å². The van der Waals surface area contributed by atoms with Crippen molar-refractivity contribution in [1.29, 1.82) is 0 Å². The van der Waals surface area contributed by atoms with Gasteiger partial charge in [-0.1, -0.05) is 13.8 Å². The zero-order chi connectivity index (χ0) is 9.14. The van der Waals surface area contributed by atoms with Gasteiger partial charge in [-0.15, -0.1) is 0 Å². The van der Waals surface area contributed by atoms with Gasteiger partial charge in [0.25, 0.3) is 0 Å². The molecular formula is C10H18O2. The summed E-state index contributed by atoms with van der Waals surface area (Å²) < 4.78 is 0. The maximum absolute atomic E-state index is 11.2. The van der Waals surface area contributed by atoms with Crippen molar-refractivity contribution in [3.8, 4) is 0 Å². The maximum Gasteiger partial charge on any atom is 0.135 e. The number of hydrogen-bond donors (Lipinski definition) is 1. The van der Waals surface area contributed by atoms with Crippen LogP contribution in [0.3, 0.4) is 0 Å². The Morgan fingerprint density at radius 2 is 2.33 bits per heavy atom. The highest BCUT2D eigenvalue weighted by Crippen LogP contribution is 2.35. The van der Waals surface area contributed by atoms with Crippen molar-refractivity contribution in [2.75, 3.05) is 6.61 Å². The van der Waals surface area contributed by atoms with Gasteiger partial charge >= 0.3 is 0 Å². The number of carbonyl (C=O) groups is 1. The lowest BCUT2D eigenvalue weighted by Gasteiger charge is -2.21. The smallest absolute Gasteiger partial charge is 0.135 e. The molecule has 0 radical (unpaired) electrons. The standard InChI is InChI=1S/C10H18O2/c1-7(5-6-11)9-3-4-10(12)8(9)2/h7-9,11H,3-6H2,1-2H3. The Kier molecular flexibility index (Phi) is 3.27. The molecule has 0 saturated heterocycles. The van der Waals surface area contributed by atoms with E-state index < -0.39 is 0 Å². The van der Waals surface area contributed by atoms with E-state index in [0.29, 0.717) is 17.6 Å². The summed E-state index contributed by atoms with van der Waals surface area (Å²) in [7, 11) is 0. The van der Waals surface area contributed by atoms with Crippen molar-refractivity contribution < 1.29 is 9.90 Å². The molecule has 3 unspecified atom stereocenters. The Hall–Kier alpha value is -0.370. The second-order valence-corrected chi connectivity index (χ2v) is 3.95. The summed E-state index contributed by atoms with van der Waals surface area (Å²) in [6.45, 7) is 4.41. The molecule has 70 valence electrons. The van der Waals surface area contributed by atoms with E-state index in [0.717, 1.165) is 19.3 Å². The Bertz CT molecular complexity index is 165. The highest BCUT2D eigenvalue weighted by Gasteiger charge is 2.33. The predicted octanol–water partition coefficient (Wildman–Crippen LogP) is 1.62. The average molecular weight is 170 g/mol. The zero-order valence-electron chi connectivity index (χ0n) is 7.92. The first-order valence-corrected chi connectivity index (χ1v) is 4.80. The van der Waals surface area contributed by atoms with Gasteiger partial charge in [0, 0.05) is 18.9 Å². The molecule has 0 aromatic carbocycles. The van der Waals surface area contributed by atoms with E-state index in [1.807, 2.05) is 6.92 Å². The molecule has 1 aliphatic rings. The van der Waals surface area contributed by atoms with Gasteiger partial charge in [0.15, 0.2) is 0 Å². The maximum atomic E-state index is 11.2. The van der Waals surface area contributed by atoms with E-state index in [1.165, 1.54) is 0 Å². The Balaban J connectivity index is 2.47. The molecule has 0 aromatic rings. The molecule has 1 rings (SSSR count). The van der Waals surface area contributed by atoms with Gasteiger partial charge < -0.3 is 5.11 Å². The molecule has 2 nitrogen and oxygen atoms in total. The summed E-state index contributed by atoms with van der Waals surface area (Å²) in [5, 5.41) is 8.76. The first kappa shape index (κ1) is 9.72. The third-order valence-electron chi connectivity index (χ3n) is 3.19. The molecule has 0 aromatic heterocycles. The summed E-state index contributed by atoms with van der Waals surface area (Å²) in [5.41, 5.74) is 0. The number of Topliss-reactive ketones (excluding diaryl/α,β-unsaturated/α-hetero) is 1. The number of carbonyl (C=O) groups excluding carboxylic acids is 1. The second kappa shape index (κ2) is 4.04. The molecule has 0 bridgehead atoms. The van der Waals surface area contributed by atoms with Crippen LogP contribution in [0, 0.1) is 17.8 Å². The fourth-order valence-electron chi connectivity index (χ4n) is 2.22. The minimum Gasteiger partial charge on any atom is -0.396 e. The van der Waals surface area contributed by atoms with Crippen LogP contribution in [0.15, 0.2) is 0 Å². The van der Waals surface area contributed by atoms with E-state index in [-0.39, 0.29) is 12.5 Å². The number of aliphatic hydroxyl groups is 1. The third-order valence-corrected chi connectivity index (χ3v) is 3.19. The van der Waals surface area contributed by atoms with Crippen LogP contribution in [0.5, 0.6) is 0 Å². The quantitative estimate of drug-likeness (QED) is 0.698. The zero-order valence-corrected chi connectivity index (χ0v) is 7.92. The van der Waals surface area contributed by atoms with Gasteiger partial charge in [-0.3, -0.25) is 4.79 Å². The molecule has 3 atom stereocenters. The van der Waals surface area contributed by atoms with E-state index in [2.05, 4.69) is 6.92 Å². The van der Waals surface area contributed by atoms with Gasteiger partial charge in [-0.05, 0) is 24.7 Å². The second-order valence-electron chi connectivity index (χ2n) is 3.95. The molecule has 1 N–H and O–H groups in total. The molecule has 2 heteroatoms. The molecular weight excluding hydrogens is 152 g/mol. The van der Waals surface area contributed by atoms with Crippen molar-refractivity contribution in [1.82, 2.24) is 0 Å². The van der Waals surface area contributed by atoms with Crippen molar-refractivity contribution in [2.45, 2.75) is 33.1 Å². The minimum absolute atomic E-state index is 0.228. The Morgan fingerprint density at radius 1 is 1.67 bits per heavy atom. The van der Waals surface area contributed by atoms with E-state index in [9.17, 15) is 4.79 Å². The van der Waals surface area contributed by atoms with Gasteiger partial charge in [-0.25, -0.2) is 0 Å². The number of ketones is 1. The largest absolute Gasteiger partial charge is 0.396 e. The summed E-state index contributed by atoms with van der Waals surface area (Å²) in [5.74, 6) is 1.65. The summed E-state index contributed by atoms with van der Waals surface area (Å²) in [6.07, 6.45) is 2.62. The monoisotopic (exact) mass is 170 g/mol. The number of hydrogen-bond acceptors (Lipinski definition) is 2. The molecule has 12 heavy (non-hydrogen) atoms. The average Bonchev–Trinajstić information content (AvgIpc) is 2.34. The predicted molar refractivity (Wildman–Crippen MR) is 47.8 cm³/mol. The SMILES string of the molecule is CC(CCO)C1CCC(=O)C1C. The van der Waals surface area contributed by atoms with Crippen LogP contribution in [0.2, 0.25) is 0 Å². The van der Waals surface area contributed by atoms with Crippen LogP contribution >= 0.6 is 0 Å². The minimum atomic E-state index is 0.228. The van der Waals surface area contributed by atoms with E-state index >= 15 is 0 Å². The highest BCUT2D eigenvalue weighted by molar-refractivity contribution is 5.83. The van der Waals surface area contributed by atoms with Crippen LogP contribution in [0.25, 0.3) is 0 Å². The lowest BCUT2D eigenvalue weighted by atomic mass is 9.84. The van der Waals surface area contributed by atoms with Gasteiger partial charge in [0.1, 0.15) is 5.78 Å². The van der Waals surface area contributed by atoms with Crippen LogP contribution in [0.4, 0.5) is 0 Å². The summed E-state index contributed by atoms with van der Waals surface area (Å²) >= 11 is 0. The fourth-order valence-corrected chi connectivity index (χ4v) is 2.22. The van der Waals surface area contributed by atoms with Gasteiger partial charge in [0.05, 0.1) is 0 Å². The van der Waals surface area contributed by atoms with Gasteiger partial charge in [-0.2, -0.15) is 0 Å². The summed E-state index contributed by atoms with van der Waals surface area (Å²) in [4.78, 5) is 11.2. The number of rotatable bonds is 3. The number of aliphatic hydroxyl groups excluding tert-OH is 1. The van der Waals surface area contributed by atoms with Crippen molar-refractivity contribution >= 4 is 5.78 Å². The molecule has 0 amide bonds. The first-order chi connectivity index (χ1) is 5.66. The Labute approximate surface area is 74.0 Å². The lowest BCUT2D eigenvalue weighted by molar-refractivity contribution is -0.121. The molecule has 0 aliphatic heterocycles. The highest BCUT2D eigenvalue weighted by atomic mass is 16.3. The van der Waals surface area contributed by atoms with Crippen molar-refractivity contribution in [3.05, 3.63) is 0 Å².